The molecule has 2 amide bonds. The van der Waals surface area contributed by atoms with Gasteiger partial charge in [-0.25, -0.2) is 9.18 Å². The van der Waals surface area contributed by atoms with Crippen LogP contribution in [-0.2, 0) is 14.3 Å². The molecule has 0 atom stereocenters. The molecule has 6 nitrogen and oxygen atoms in total. The standard InChI is InChI=1S/C17H15FN2O4/c1-11(21)19-12-6-8-13(9-7-12)20-16(22)10-24-17(23)14-4-2-3-5-15(14)18/h2-9H,10H2,1H3,(H,19,21)(H,20,22). The van der Waals surface area contributed by atoms with Crippen LogP contribution in [0.2, 0.25) is 0 Å². The lowest BCUT2D eigenvalue weighted by molar-refractivity contribution is -0.119. The third-order valence-corrected chi connectivity index (χ3v) is 2.92. The van der Waals surface area contributed by atoms with Crippen LogP contribution in [-0.4, -0.2) is 24.4 Å². The smallest absolute Gasteiger partial charge is 0.341 e. The fourth-order valence-corrected chi connectivity index (χ4v) is 1.87. The number of hydrogen-bond acceptors (Lipinski definition) is 4. The van der Waals surface area contributed by atoms with Crippen LogP contribution in [0, 0.1) is 5.82 Å². The van der Waals surface area contributed by atoms with Crippen molar-refractivity contribution in [2.45, 2.75) is 6.92 Å². The third kappa shape index (κ3) is 4.91. The van der Waals surface area contributed by atoms with Crippen LogP contribution in [0.4, 0.5) is 15.8 Å². The predicted molar refractivity (Wildman–Crippen MR) is 86.1 cm³/mol. The number of carbonyl (C=O) groups is 3. The summed E-state index contributed by atoms with van der Waals surface area (Å²) in [5, 5.41) is 5.11. The Labute approximate surface area is 137 Å². The Morgan fingerprint density at radius 1 is 0.958 bits per heavy atom. The van der Waals surface area contributed by atoms with Gasteiger partial charge < -0.3 is 15.4 Å². The van der Waals surface area contributed by atoms with Crippen molar-refractivity contribution in [2.75, 3.05) is 17.2 Å². The molecule has 0 aliphatic rings. The SMILES string of the molecule is CC(=O)Nc1ccc(NC(=O)COC(=O)c2ccccc2F)cc1. The van der Waals surface area contributed by atoms with Gasteiger partial charge in [-0.1, -0.05) is 12.1 Å². The summed E-state index contributed by atoms with van der Waals surface area (Å²) >= 11 is 0. The van der Waals surface area contributed by atoms with E-state index in [0.717, 1.165) is 6.07 Å². The number of rotatable bonds is 5. The number of ether oxygens (including phenoxy) is 1. The molecule has 0 heterocycles. The molecule has 0 aromatic heterocycles. The van der Waals surface area contributed by atoms with Crippen LogP contribution >= 0.6 is 0 Å². The fraction of sp³-hybridized carbons (Fsp3) is 0.118. The molecule has 2 rings (SSSR count). The molecule has 0 saturated heterocycles. The Kier molecular flexibility index (Phi) is 5.62. The molecule has 2 aromatic rings. The summed E-state index contributed by atoms with van der Waals surface area (Å²) in [5.41, 5.74) is 0.826. The van der Waals surface area contributed by atoms with E-state index in [1.54, 1.807) is 24.3 Å². The van der Waals surface area contributed by atoms with Crippen molar-refractivity contribution in [3.8, 4) is 0 Å². The van der Waals surface area contributed by atoms with Crippen LogP contribution in [0.15, 0.2) is 48.5 Å². The quantitative estimate of drug-likeness (QED) is 0.825. The number of halogens is 1. The van der Waals surface area contributed by atoms with E-state index < -0.39 is 24.3 Å². The van der Waals surface area contributed by atoms with Crippen LogP contribution < -0.4 is 10.6 Å². The van der Waals surface area contributed by atoms with Crippen LogP contribution in [0.5, 0.6) is 0 Å². The van der Waals surface area contributed by atoms with Crippen molar-refractivity contribution >= 4 is 29.2 Å². The summed E-state index contributed by atoms with van der Waals surface area (Å²) in [5.74, 6) is -2.39. The number of hydrogen-bond donors (Lipinski definition) is 2. The number of benzene rings is 2. The molecule has 0 bridgehead atoms. The average Bonchev–Trinajstić information content (AvgIpc) is 2.54. The maximum atomic E-state index is 13.4. The van der Waals surface area contributed by atoms with Gasteiger partial charge in [0.2, 0.25) is 5.91 Å². The van der Waals surface area contributed by atoms with Crippen LogP contribution in [0.25, 0.3) is 0 Å². The molecule has 0 fully saturated rings. The van der Waals surface area contributed by atoms with E-state index >= 15 is 0 Å². The molecule has 0 saturated carbocycles. The van der Waals surface area contributed by atoms with E-state index in [9.17, 15) is 18.8 Å². The van der Waals surface area contributed by atoms with Gasteiger partial charge in [0.1, 0.15) is 5.82 Å². The topological polar surface area (TPSA) is 84.5 Å². The lowest BCUT2D eigenvalue weighted by Crippen LogP contribution is -2.21. The Morgan fingerprint density at radius 2 is 1.54 bits per heavy atom. The summed E-state index contributed by atoms with van der Waals surface area (Å²) in [4.78, 5) is 34.3. The van der Waals surface area contributed by atoms with Gasteiger partial charge in [-0.15, -0.1) is 0 Å². The van der Waals surface area contributed by atoms with Crippen LogP contribution in [0.1, 0.15) is 17.3 Å². The van der Waals surface area contributed by atoms with Gasteiger partial charge in [0, 0.05) is 18.3 Å². The number of amides is 2. The van der Waals surface area contributed by atoms with Crippen molar-refractivity contribution < 1.29 is 23.5 Å². The molecule has 2 aromatic carbocycles. The van der Waals surface area contributed by atoms with Gasteiger partial charge in [-0.05, 0) is 36.4 Å². The van der Waals surface area contributed by atoms with E-state index in [1.165, 1.54) is 25.1 Å². The van der Waals surface area contributed by atoms with Crippen LogP contribution in [0.3, 0.4) is 0 Å². The number of carbonyl (C=O) groups excluding carboxylic acids is 3. The van der Waals surface area contributed by atoms with Gasteiger partial charge in [-0.3, -0.25) is 9.59 Å². The Bertz CT molecular complexity index is 759. The molecule has 2 N–H and O–H groups in total. The van der Waals surface area contributed by atoms with E-state index in [0.29, 0.717) is 11.4 Å². The first-order chi connectivity index (χ1) is 11.5. The molecule has 0 aliphatic carbocycles. The zero-order chi connectivity index (χ0) is 17.5. The fourth-order valence-electron chi connectivity index (χ4n) is 1.87. The molecule has 0 spiro atoms. The van der Waals surface area contributed by atoms with Gasteiger partial charge in [0.25, 0.3) is 5.91 Å². The molecule has 124 valence electrons. The van der Waals surface area contributed by atoms with Crippen molar-refractivity contribution in [3.05, 3.63) is 59.9 Å². The Hall–Kier alpha value is -3.22. The molecule has 0 radical (unpaired) electrons. The predicted octanol–water partition coefficient (Wildman–Crippen LogP) is 2.58. The minimum atomic E-state index is -0.913. The van der Waals surface area contributed by atoms with Crippen molar-refractivity contribution in [1.82, 2.24) is 0 Å². The molecular weight excluding hydrogens is 315 g/mol. The van der Waals surface area contributed by atoms with E-state index in [1.807, 2.05) is 0 Å². The Morgan fingerprint density at radius 3 is 2.12 bits per heavy atom. The third-order valence-electron chi connectivity index (χ3n) is 2.92. The second-order valence-corrected chi connectivity index (χ2v) is 4.86. The number of nitrogens with one attached hydrogen (secondary N) is 2. The molecular formula is C17H15FN2O4. The van der Waals surface area contributed by atoms with Crippen molar-refractivity contribution in [3.63, 3.8) is 0 Å². The van der Waals surface area contributed by atoms with Gasteiger partial charge >= 0.3 is 5.97 Å². The van der Waals surface area contributed by atoms with Gasteiger partial charge in [-0.2, -0.15) is 0 Å². The first-order valence-electron chi connectivity index (χ1n) is 7.05. The zero-order valence-electron chi connectivity index (χ0n) is 12.8. The highest BCUT2D eigenvalue weighted by atomic mass is 19.1. The van der Waals surface area contributed by atoms with E-state index in [4.69, 9.17) is 4.74 Å². The highest BCUT2D eigenvalue weighted by Gasteiger charge is 2.14. The largest absolute Gasteiger partial charge is 0.452 e. The monoisotopic (exact) mass is 330 g/mol. The van der Waals surface area contributed by atoms with E-state index in [2.05, 4.69) is 10.6 Å². The maximum absolute atomic E-state index is 13.4. The number of anilines is 2. The lowest BCUT2D eigenvalue weighted by atomic mass is 10.2. The second-order valence-electron chi connectivity index (χ2n) is 4.86. The molecule has 0 aliphatic heterocycles. The summed E-state index contributed by atoms with van der Waals surface area (Å²) in [6, 6.07) is 11.7. The van der Waals surface area contributed by atoms with Gasteiger partial charge in [0.05, 0.1) is 5.56 Å². The average molecular weight is 330 g/mol. The second kappa shape index (κ2) is 7.87. The lowest BCUT2D eigenvalue weighted by Gasteiger charge is -2.08. The normalized spacial score (nSPS) is 9.92. The number of esters is 1. The first-order valence-corrected chi connectivity index (χ1v) is 7.05. The summed E-state index contributed by atoms with van der Waals surface area (Å²) in [7, 11) is 0. The van der Waals surface area contributed by atoms with E-state index in [-0.39, 0.29) is 11.5 Å². The van der Waals surface area contributed by atoms with Gasteiger partial charge in [0.15, 0.2) is 6.61 Å². The maximum Gasteiger partial charge on any atom is 0.341 e. The summed E-state index contributed by atoms with van der Waals surface area (Å²) in [6.45, 7) is 0.847. The molecule has 7 heteroatoms. The Balaban J connectivity index is 1.86. The zero-order valence-corrected chi connectivity index (χ0v) is 12.8. The highest BCUT2D eigenvalue weighted by Crippen LogP contribution is 2.13. The summed E-state index contributed by atoms with van der Waals surface area (Å²) < 4.78 is 18.2. The molecule has 24 heavy (non-hydrogen) atoms. The first kappa shape index (κ1) is 17.1. The highest BCUT2D eigenvalue weighted by molar-refractivity contribution is 5.96. The minimum Gasteiger partial charge on any atom is -0.452 e. The summed E-state index contributed by atoms with van der Waals surface area (Å²) in [6.07, 6.45) is 0. The minimum absolute atomic E-state index is 0.202. The molecule has 0 unspecified atom stereocenters. The van der Waals surface area contributed by atoms with Crippen molar-refractivity contribution in [1.29, 1.82) is 0 Å². The van der Waals surface area contributed by atoms with Crippen molar-refractivity contribution in [2.24, 2.45) is 0 Å².